The van der Waals surface area contributed by atoms with Crippen molar-refractivity contribution in [1.29, 1.82) is 0 Å². The lowest BCUT2D eigenvalue weighted by molar-refractivity contribution is -0.118. The third-order valence-electron chi connectivity index (χ3n) is 2.09. The first kappa shape index (κ1) is 15.7. The smallest absolute Gasteiger partial charge is 0.212 e. The van der Waals surface area contributed by atoms with Crippen LogP contribution in [0.25, 0.3) is 0 Å². The zero-order valence-electron chi connectivity index (χ0n) is 10.4. The Morgan fingerprint density at radius 3 is 2.74 bits per heavy atom. The molecule has 0 aliphatic rings. The van der Waals surface area contributed by atoms with E-state index >= 15 is 0 Å². The highest BCUT2D eigenvalue weighted by atomic mass is 127. The molecule has 0 saturated carbocycles. The van der Waals surface area contributed by atoms with Crippen LogP contribution in [0.3, 0.4) is 0 Å². The van der Waals surface area contributed by atoms with E-state index in [0.717, 1.165) is 3.57 Å². The van der Waals surface area contributed by atoms with Crippen LogP contribution in [0.5, 0.6) is 0 Å². The number of carbonyl (C=O) groups is 2. The molecule has 0 bridgehead atoms. The van der Waals surface area contributed by atoms with Gasteiger partial charge in [-0.2, -0.15) is 5.10 Å². The summed E-state index contributed by atoms with van der Waals surface area (Å²) in [5, 5.41) is 3.66. The zero-order chi connectivity index (χ0) is 14.4. The van der Waals surface area contributed by atoms with Crippen LogP contribution in [0.2, 0.25) is 0 Å². The third-order valence-corrected chi connectivity index (χ3v) is 2.76. The molecule has 5 nitrogen and oxygen atoms in total. The standard InChI is InChI=1S/C12H12FIN2O3/c1-7(17)12(11(18)6-19-2)16-15-10-5-8(14)3-4-9(10)13/h3-5,15H,6H2,1-2H3/b16-12-. The second-order valence-electron chi connectivity index (χ2n) is 3.61. The van der Waals surface area contributed by atoms with Crippen molar-refractivity contribution in [3.8, 4) is 0 Å². The number of hydrogen-bond acceptors (Lipinski definition) is 5. The highest BCUT2D eigenvalue weighted by Crippen LogP contribution is 2.17. The number of benzene rings is 1. The number of anilines is 1. The molecule has 0 fully saturated rings. The fourth-order valence-electron chi connectivity index (χ4n) is 1.24. The van der Waals surface area contributed by atoms with Gasteiger partial charge in [0.25, 0.3) is 0 Å². The lowest BCUT2D eigenvalue weighted by Gasteiger charge is -2.05. The first-order chi connectivity index (χ1) is 8.95. The Bertz CT molecular complexity index is 532. The molecular weight excluding hydrogens is 366 g/mol. The van der Waals surface area contributed by atoms with E-state index in [1.165, 1.54) is 26.2 Å². The van der Waals surface area contributed by atoms with E-state index in [-0.39, 0.29) is 18.0 Å². The van der Waals surface area contributed by atoms with Crippen molar-refractivity contribution >= 4 is 45.6 Å². The first-order valence-corrected chi connectivity index (χ1v) is 6.35. The van der Waals surface area contributed by atoms with Gasteiger partial charge in [-0.1, -0.05) is 0 Å². The van der Waals surface area contributed by atoms with Crippen LogP contribution in [0.4, 0.5) is 10.1 Å². The van der Waals surface area contributed by atoms with Gasteiger partial charge in [0.2, 0.25) is 5.78 Å². The normalized spacial score (nSPS) is 11.3. The molecule has 0 unspecified atom stereocenters. The second kappa shape index (κ2) is 7.29. The van der Waals surface area contributed by atoms with Crippen LogP contribution in [0.15, 0.2) is 23.3 Å². The maximum atomic E-state index is 13.4. The van der Waals surface area contributed by atoms with Gasteiger partial charge < -0.3 is 4.74 Å². The molecule has 0 aliphatic heterocycles. The predicted octanol–water partition coefficient (Wildman–Crippen LogP) is 2.00. The molecule has 0 radical (unpaired) electrons. The van der Waals surface area contributed by atoms with Crippen molar-refractivity contribution in [3.05, 3.63) is 27.6 Å². The van der Waals surface area contributed by atoms with E-state index in [1.807, 2.05) is 22.6 Å². The van der Waals surface area contributed by atoms with Gasteiger partial charge in [-0.3, -0.25) is 15.0 Å². The van der Waals surface area contributed by atoms with Gasteiger partial charge in [-0.05, 0) is 40.8 Å². The number of nitrogens with zero attached hydrogens (tertiary/aromatic N) is 1. The number of nitrogens with one attached hydrogen (secondary N) is 1. The van der Waals surface area contributed by atoms with Gasteiger partial charge in [0.15, 0.2) is 11.5 Å². The summed E-state index contributed by atoms with van der Waals surface area (Å²) in [4.78, 5) is 22.8. The monoisotopic (exact) mass is 378 g/mol. The molecule has 0 saturated heterocycles. The van der Waals surface area contributed by atoms with Crippen molar-refractivity contribution in [1.82, 2.24) is 0 Å². The fraction of sp³-hybridized carbons (Fsp3) is 0.250. The van der Waals surface area contributed by atoms with E-state index in [4.69, 9.17) is 0 Å². The van der Waals surface area contributed by atoms with E-state index in [2.05, 4.69) is 15.3 Å². The summed E-state index contributed by atoms with van der Waals surface area (Å²) in [6.07, 6.45) is 0. The molecule has 19 heavy (non-hydrogen) atoms. The second-order valence-corrected chi connectivity index (χ2v) is 4.85. The number of rotatable bonds is 6. The van der Waals surface area contributed by atoms with Gasteiger partial charge in [-0.15, -0.1) is 0 Å². The Labute approximate surface area is 123 Å². The Morgan fingerprint density at radius 2 is 2.16 bits per heavy atom. The molecule has 0 spiro atoms. The van der Waals surface area contributed by atoms with E-state index < -0.39 is 17.4 Å². The summed E-state index contributed by atoms with van der Waals surface area (Å²) in [7, 11) is 1.34. The number of hydrazone groups is 1. The number of carbonyl (C=O) groups excluding carboxylic acids is 2. The lowest BCUT2D eigenvalue weighted by Crippen LogP contribution is -2.26. The average Bonchev–Trinajstić information content (AvgIpc) is 2.33. The van der Waals surface area contributed by atoms with Crippen molar-refractivity contribution in [2.45, 2.75) is 6.92 Å². The van der Waals surface area contributed by atoms with E-state index in [9.17, 15) is 14.0 Å². The molecule has 0 atom stereocenters. The summed E-state index contributed by atoms with van der Waals surface area (Å²) >= 11 is 2.01. The molecule has 0 aromatic heterocycles. The Morgan fingerprint density at radius 1 is 1.47 bits per heavy atom. The van der Waals surface area contributed by atoms with Gasteiger partial charge in [0.05, 0.1) is 5.69 Å². The molecule has 102 valence electrons. The number of Topliss-reactive ketones (excluding diaryl/α,β-unsaturated/α-hetero) is 2. The van der Waals surface area contributed by atoms with Crippen molar-refractivity contribution in [2.24, 2.45) is 5.10 Å². The SMILES string of the molecule is COCC(=O)/C(=N\Nc1cc(I)ccc1F)C(C)=O. The molecule has 0 heterocycles. The maximum absolute atomic E-state index is 13.4. The molecule has 1 rings (SSSR count). The van der Waals surface area contributed by atoms with Crippen LogP contribution >= 0.6 is 22.6 Å². The minimum absolute atomic E-state index is 0.0934. The highest BCUT2D eigenvalue weighted by molar-refractivity contribution is 14.1. The number of halogens is 2. The van der Waals surface area contributed by atoms with Crippen molar-refractivity contribution in [2.75, 3.05) is 19.1 Å². The summed E-state index contributed by atoms with van der Waals surface area (Å²) in [5.74, 6) is -1.60. The predicted molar refractivity (Wildman–Crippen MR) is 77.7 cm³/mol. The number of ketones is 2. The van der Waals surface area contributed by atoms with Crippen LogP contribution in [0, 0.1) is 9.39 Å². The summed E-state index contributed by atoms with van der Waals surface area (Å²) < 4.78 is 18.9. The van der Waals surface area contributed by atoms with Crippen molar-refractivity contribution in [3.63, 3.8) is 0 Å². The molecule has 1 aromatic carbocycles. The maximum Gasteiger partial charge on any atom is 0.212 e. The molecular formula is C12H12FIN2O3. The van der Waals surface area contributed by atoms with Crippen molar-refractivity contribution < 1.29 is 18.7 Å². The van der Waals surface area contributed by atoms with Gasteiger partial charge >= 0.3 is 0 Å². The minimum atomic E-state index is -0.562. The van der Waals surface area contributed by atoms with Gasteiger partial charge in [0, 0.05) is 17.6 Å². The lowest BCUT2D eigenvalue weighted by atomic mass is 10.2. The quantitative estimate of drug-likeness (QED) is 0.356. The third kappa shape index (κ3) is 4.67. The van der Waals surface area contributed by atoms with Crippen LogP contribution in [0.1, 0.15) is 6.92 Å². The number of ether oxygens (including phenoxy) is 1. The summed E-state index contributed by atoms with van der Waals surface area (Å²) in [6, 6.07) is 4.37. The summed E-state index contributed by atoms with van der Waals surface area (Å²) in [5.41, 5.74) is 2.17. The average molecular weight is 378 g/mol. The Hall–Kier alpha value is -1.35. The molecule has 1 aromatic rings. The molecule has 7 heteroatoms. The van der Waals surface area contributed by atoms with Gasteiger partial charge in [0.1, 0.15) is 12.4 Å². The first-order valence-electron chi connectivity index (χ1n) is 5.27. The van der Waals surface area contributed by atoms with E-state index in [1.54, 1.807) is 6.07 Å². The molecule has 0 amide bonds. The zero-order valence-corrected chi connectivity index (χ0v) is 12.5. The van der Waals surface area contributed by atoms with Crippen LogP contribution in [-0.4, -0.2) is 31.0 Å². The number of methoxy groups -OCH3 is 1. The largest absolute Gasteiger partial charge is 0.376 e. The molecule has 1 N–H and O–H groups in total. The topological polar surface area (TPSA) is 67.8 Å². The van der Waals surface area contributed by atoms with Crippen LogP contribution in [-0.2, 0) is 14.3 Å². The highest BCUT2D eigenvalue weighted by Gasteiger charge is 2.16. The van der Waals surface area contributed by atoms with Crippen LogP contribution < -0.4 is 5.43 Å². The van der Waals surface area contributed by atoms with Gasteiger partial charge in [-0.25, -0.2) is 4.39 Å². The summed E-state index contributed by atoms with van der Waals surface area (Å²) in [6.45, 7) is 0.952. The fourth-order valence-corrected chi connectivity index (χ4v) is 1.73. The number of hydrogen-bond donors (Lipinski definition) is 1. The minimum Gasteiger partial charge on any atom is -0.376 e. The van der Waals surface area contributed by atoms with E-state index in [0.29, 0.717) is 0 Å². The Kier molecular flexibility index (Phi) is 6.03. The Balaban J connectivity index is 2.95. The molecule has 0 aliphatic carbocycles.